The second-order valence-electron chi connectivity index (χ2n) is 4.25. The van der Waals surface area contributed by atoms with Crippen LogP contribution in [0.5, 0.6) is 0 Å². The minimum absolute atomic E-state index is 0.233. The number of aliphatic hydroxyl groups is 1. The fourth-order valence-corrected chi connectivity index (χ4v) is 1.71. The van der Waals surface area contributed by atoms with Gasteiger partial charge in [0.25, 0.3) is 5.91 Å². The Labute approximate surface area is 118 Å². The van der Waals surface area contributed by atoms with E-state index >= 15 is 0 Å². The lowest BCUT2D eigenvalue weighted by atomic mass is 10.0. The van der Waals surface area contributed by atoms with E-state index in [1.165, 1.54) is 7.05 Å². The average molecular weight is 274 g/mol. The van der Waals surface area contributed by atoms with E-state index in [0.717, 1.165) is 5.56 Å². The van der Waals surface area contributed by atoms with E-state index in [1.807, 2.05) is 0 Å². The van der Waals surface area contributed by atoms with Crippen molar-refractivity contribution in [2.24, 2.45) is 0 Å². The Bertz CT molecular complexity index is 570. The van der Waals surface area contributed by atoms with Crippen molar-refractivity contribution < 1.29 is 14.7 Å². The first-order valence-electron chi connectivity index (χ1n) is 6.23. The summed E-state index contributed by atoms with van der Waals surface area (Å²) in [5, 5.41) is 13.8. The standard InChI is InChI=1S/C15H18N2O3/c1-10-12(7-5-9-18)6-4-8-13(10)15(20)17-11(2)14(19)16-3/h4,6,8,11,18H,9H2,1-3H3,(H,16,19)(H,17,20). The minimum atomic E-state index is -0.612. The van der Waals surface area contributed by atoms with Gasteiger partial charge in [-0.3, -0.25) is 9.59 Å². The topological polar surface area (TPSA) is 78.4 Å². The molecule has 106 valence electrons. The molecule has 0 fully saturated rings. The molecular weight excluding hydrogens is 256 g/mol. The van der Waals surface area contributed by atoms with Crippen LogP contribution in [0.25, 0.3) is 0 Å². The van der Waals surface area contributed by atoms with Gasteiger partial charge < -0.3 is 15.7 Å². The number of hydrogen-bond donors (Lipinski definition) is 3. The Morgan fingerprint density at radius 1 is 1.40 bits per heavy atom. The highest BCUT2D eigenvalue weighted by molar-refractivity contribution is 5.98. The summed E-state index contributed by atoms with van der Waals surface area (Å²) in [6.45, 7) is 3.16. The van der Waals surface area contributed by atoms with Crippen LogP contribution in [0.2, 0.25) is 0 Å². The van der Waals surface area contributed by atoms with Crippen LogP contribution >= 0.6 is 0 Å². The van der Waals surface area contributed by atoms with E-state index < -0.39 is 6.04 Å². The Balaban J connectivity index is 2.97. The van der Waals surface area contributed by atoms with Gasteiger partial charge in [0.05, 0.1) is 0 Å². The summed E-state index contributed by atoms with van der Waals surface area (Å²) < 4.78 is 0. The van der Waals surface area contributed by atoms with Crippen molar-refractivity contribution in [2.75, 3.05) is 13.7 Å². The maximum absolute atomic E-state index is 12.1. The summed E-state index contributed by atoms with van der Waals surface area (Å²) in [4.78, 5) is 23.5. The molecule has 0 saturated carbocycles. The monoisotopic (exact) mass is 274 g/mol. The number of carbonyl (C=O) groups is 2. The molecule has 1 atom stereocenters. The molecule has 2 amide bonds. The Morgan fingerprint density at radius 2 is 2.10 bits per heavy atom. The maximum atomic E-state index is 12.1. The van der Waals surface area contributed by atoms with Crippen molar-refractivity contribution in [3.63, 3.8) is 0 Å². The fraction of sp³-hybridized carbons (Fsp3) is 0.333. The number of amides is 2. The molecule has 5 heteroatoms. The van der Waals surface area contributed by atoms with Gasteiger partial charge in [-0.25, -0.2) is 0 Å². The molecule has 0 aliphatic rings. The smallest absolute Gasteiger partial charge is 0.252 e. The van der Waals surface area contributed by atoms with Crippen molar-refractivity contribution in [3.05, 3.63) is 34.9 Å². The highest BCUT2D eigenvalue weighted by atomic mass is 16.2. The summed E-state index contributed by atoms with van der Waals surface area (Å²) in [5.74, 6) is 4.75. The van der Waals surface area contributed by atoms with Crippen molar-refractivity contribution >= 4 is 11.8 Å². The van der Waals surface area contributed by atoms with Crippen LogP contribution in [-0.4, -0.2) is 36.6 Å². The lowest BCUT2D eigenvalue weighted by Gasteiger charge is -2.14. The average Bonchev–Trinajstić information content (AvgIpc) is 2.45. The lowest BCUT2D eigenvalue weighted by molar-refractivity contribution is -0.122. The van der Waals surface area contributed by atoms with E-state index in [0.29, 0.717) is 11.1 Å². The Hall–Kier alpha value is -2.32. The van der Waals surface area contributed by atoms with E-state index in [9.17, 15) is 9.59 Å². The Kier molecular flexibility index (Phi) is 5.75. The van der Waals surface area contributed by atoms with Crippen LogP contribution in [0.1, 0.15) is 28.4 Å². The van der Waals surface area contributed by atoms with E-state index in [1.54, 1.807) is 32.0 Å². The molecule has 0 radical (unpaired) electrons. The molecule has 20 heavy (non-hydrogen) atoms. The molecule has 0 aliphatic carbocycles. The molecule has 0 spiro atoms. The predicted octanol–water partition coefficient (Wildman–Crippen LogP) is 0.203. The molecular formula is C15H18N2O3. The third-order valence-electron chi connectivity index (χ3n) is 2.87. The first-order valence-corrected chi connectivity index (χ1v) is 6.23. The van der Waals surface area contributed by atoms with Crippen molar-refractivity contribution in [3.8, 4) is 11.8 Å². The second kappa shape index (κ2) is 7.31. The number of likely N-dealkylation sites (N-methyl/N-ethyl adjacent to an activating group) is 1. The third-order valence-corrected chi connectivity index (χ3v) is 2.87. The van der Waals surface area contributed by atoms with E-state index in [4.69, 9.17) is 5.11 Å². The second-order valence-corrected chi connectivity index (χ2v) is 4.25. The Morgan fingerprint density at radius 3 is 2.70 bits per heavy atom. The zero-order chi connectivity index (χ0) is 15.1. The van der Waals surface area contributed by atoms with Gasteiger partial charge in [-0.1, -0.05) is 17.9 Å². The van der Waals surface area contributed by atoms with Crippen LogP contribution in [0.15, 0.2) is 18.2 Å². The van der Waals surface area contributed by atoms with Gasteiger partial charge >= 0.3 is 0 Å². The van der Waals surface area contributed by atoms with Gasteiger partial charge in [0.2, 0.25) is 5.91 Å². The van der Waals surface area contributed by atoms with Crippen molar-refractivity contribution in [2.45, 2.75) is 19.9 Å². The highest BCUT2D eigenvalue weighted by Crippen LogP contribution is 2.13. The summed E-state index contributed by atoms with van der Waals surface area (Å²) in [5.41, 5.74) is 1.86. The number of aliphatic hydroxyl groups excluding tert-OH is 1. The largest absolute Gasteiger partial charge is 0.384 e. The molecule has 0 bridgehead atoms. The fourth-order valence-electron chi connectivity index (χ4n) is 1.71. The highest BCUT2D eigenvalue weighted by Gasteiger charge is 2.17. The van der Waals surface area contributed by atoms with Crippen molar-refractivity contribution in [1.29, 1.82) is 0 Å². The molecule has 0 heterocycles. The molecule has 1 aromatic carbocycles. The van der Waals surface area contributed by atoms with Crippen LogP contribution in [0.3, 0.4) is 0 Å². The maximum Gasteiger partial charge on any atom is 0.252 e. The predicted molar refractivity (Wildman–Crippen MR) is 76.1 cm³/mol. The molecule has 1 aromatic rings. The summed E-state index contributed by atoms with van der Waals surface area (Å²) in [6, 6.07) is 4.55. The van der Waals surface area contributed by atoms with Gasteiger partial charge in [0.1, 0.15) is 12.6 Å². The van der Waals surface area contributed by atoms with Crippen LogP contribution in [0, 0.1) is 18.8 Å². The molecule has 0 aliphatic heterocycles. The quantitative estimate of drug-likeness (QED) is 0.689. The normalized spacial score (nSPS) is 11.0. The third kappa shape index (κ3) is 3.84. The van der Waals surface area contributed by atoms with Gasteiger partial charge in [-0.2, -0.15) is 0 Å². The van der Waals surface area contributed by atoms with E-state index in [-0.39, 0.29) is 18.4 Å². The van der Waals surface area contributed by atoms with Gasteiger partial charge in [0.15, 0.2) is 0 Å². The molecule has 3 N–H and O–H groups in total. The number of hydrogen-bond acceptors (Lipinski definition) is 3. The molecule has 1 unspecified atom stereocenters. The van der Waals surface area contributed by atoms with E-state index in [2.05, 4.69) is 22.5 Å². The summed E-state index contributed by atoms with van der Waals surface area (Å²) in [7, 11) is 1.52. The molecule has 0 aromatic heterocycles. The summed E-state index contributed by atoms with van der Waals surface area (Å²) in [6.07, 6.45) is 0. The zero-order valence-corrected chi connectivity index (χ0v) is 11.8. The molecule has 5 nitrogen and oxygen atoms in total. The minimum Gasteiger partial charge on any atom is -0.384 e. The first-order chi connectivity index (χ1) is 9.51. The number of benzene rings is 1. The zero-order valence-electron chi connectivity index (χ0n) is 11.8. The van der Waals surface area contributed by atoms with Crippen LogP contribution < -0.4 is 10.6 Å². The summed E-state index contributed by atoms with van der Waals surface area (Å²) >= 11 is 0. The van der Waals surface area contributed by atoms with Gasteiger partial charge in [-0.15, -0.1) is 0 Å². The SMILES string of the molecule is CNC(=O)C(C)NC(=O)c1cccc(C#CCO)c1C. The van der Waals surface area contributed by atoms with Gasteiger partial charge in [0, 0.05) is 18.2 Å². The number of nitrogens with one attached hydrogen (secondary N) is 2. The lowest BCUT2D eigenvalue weighted by Crippen LogP contribution is -2.43. The number of rotatable bonds is 3. The van der Waals surface area contributed by atoms with Crippen LogP contribution in [0.4, 0.5) is 0 Å². The van der Waals surface area contributed by atoms with Crippen molar-refractivity contribution in [1.82, 2.24) is 10.6 Å². The molecule has 0 saturated heterocycles. The van der Waals surface area contributed by atoms with Gasteiger partial charge in [-0.05, 0) is 31.5 Å². The first kappa shape index (κ1) is 15.7. The molecule has 1 rings (SSSR count). The van der Waals surface area contributed by atoms with Crippen LogP contribution in [-0.2, 0) is 4.79 Å². The number of carbonyl (C=O) groups excluding carboxylic acids is 2.